The number of nitrogen functional groups attached to an aromatic ring is 1. The van der Waals surface area contributed by atoms with E-state index in [-0.39, 0.29) is 17.0 Å². The van der Waals surface area contributed by atoms with Crippen LogP contribution in [-0.4, -0.2) is 9.97 Å². The minimum atomic E-state index is -0.484. The van der Waals surface area contributed by atoms with E-state index in [1.54, 1.807) is 6.07 Å². The van der Waals surface area contributed by atoms with Crippen molar-refractivity contribution in [1.82, 2.24) is 9.97 Å². The first kappa shape index (κ1) is 15.7. The van der Waals surface area contributed by atoms with Crippen LogP contribution in [0.3, 0.4) is 0 Å². The number of benzene rings is 1. The first-order valence-electron chi connectivity index (χ1n) is 6.28. The monoisotopic (exact) mass is 354 g/mol. The lowest BCUT2D eigenvalue weighted by Crippen LogP contribution is -2.19. The number of ether oxygens (including phenoxy) is 1. The SMILES string of the molecule is CC(C)(C)c1nc(NN)cc(Oc2ccc(Br)cc2F)n1. The standard InChI is InChI=1S/C14H16BrFN4O/c1-14(2,3)13-18-11(20-17)7-12(19-13)21-10-5-4-8(15)6-9(10)16/h4-7H,17H2,1-3H3,(H,18,19,20). The molecule has 0 aliphatic carbocycles. The van der Waals surface area contributed by atoms with Crippen LogP contribution < -0.4 is 16.0 Å². The molecule has 0 bridgehead atoms. The summed E-state index contributed by atoms with van der Waals surface area (Å²) in [6, 6.07) is 6.04. The van der Waals surface area contributed by atoms with Crippen LogP contribution in [-0.2, 0) is 5.41 Å². The number of hydrogen-bond acceptors (Lipinski definition) is 5. The summed E-state index contributed by atoms with van der Waals surface area (Å²) in [5.74, 6) is 6.18. The highest BCUT2D eigenvalue weighted by Crippen LogP contribution is 2.28. The van der Waals surface area contributed by atoms with E-state index in [1.165, 1.54) is 18.2 Å². The molecular weight excluding hydrogens is 339 g/mol. The minimum Gasteiger partial charge on any atom is -0.436 e. The first-order chi connectivity index (χ1) is 9.79. The van der Waals surface area contributed by atoms with E-state index in [9.17, 15) is 4.39 Å². The molecule has 0 fully saturated rings. The van der Waals surface area contributed by atoms with Gasteiger partial charge in [0.25, 0.3) is 0 Å². The molecule has 0 radical (unpaired) electrons. The zero-order valence-electron chi connectivity index (χ0n) is 11.9. The molecule has 7 heteroatoms. The van der Waals surface area contributed by atoms with Crippen LogP contribution >= 0.6 is 15.9 Å². The highest BCUT2D eigenvalue weighted by Gasteiger charge is 2.20. The smallest absolute Gasteiger partial charge is 0.224 e. The van der Waals surface area contributed by atoms with Crippen LogP contribution in [0.5, 0.6) is 11.6 Å². The lowest BCUT2D eigenvalue weighted by Gasteiger charge is -2.18. The van der Waals surface area contributed by atoms with Gasteiger partial charge < -0.3 is 10.2 Å². The van der Waals surface area contributed by atoms with E-state index < -0.39 is 5.82 Å². The summed E-state index contributed by atoms with van der Waals surface area (Å²) in [5, 5.41) is 0. The van der Waals surface area contributed by atoms with Gasteiger partial charge in [-0.1, -0.05) is 36.7 Å². The fourth-order valence-corrected chi connectivity index (χ4v) is 1.89. The van der Waals surface area contributed by atoms with Gasteiger partial charge in [0.2, 0.25) is 5.88 Å². The molecule has 112 valence electrons. The Bertz CT molecular complexity index is 658. The second-order valence-electron chi connectivity index (χ2n) is 5.49. The van der Waals surface area contributed by atoms with Gasteiger partial charge in [-0.25, -0.2) is 15.2 Å². The summed E-state index contributed by atoms with van der Waals surface area (Å²) < 4.78 is 19.9. The van der Waals surface area contributed by atoms with E-state index in [0.717, 1.165) is 0 Å². The third-order valence-electron chi connectivity index (χ3n) is 2.63. The minimum absolute atomic E-state index is 0.0831. The molecule has 1 heterocycles. The quantitative estimate of drug-likeness (QED) is 0.648. The van der Waals surface area contributed by atoms with Gasteiger partial charge in [0.15, 0.2) is 11.6 Å². The van der Waals surface area contributed by atoms with E-state index in [4.69, 9.17) is 10.6 Å². The van der Waals surface area contributed by atoms with Crippen molar-refractivity contribution >= 4 is 21.7 Å². The lowest BCUT2D eigenvalue weighted by molar-refractivity contribution is 0.417. The molecule has 0 spiro atoms. The molecule has 0 amide bonds. The van der Waals surface area contributed by atoms with Gasteiger partial charge in [0.1, 0.15) is 11.6 Å². The molecule has 2 rings (SSSR count). The lowest BCUT2D eigenvalue weighted by atomic mass is 9.96. The number of aromatic nitrogens is 2. The third-order valence-corrected chi connectivity index (χ3v) is 3.12. The average Bonchev–Trinajstić information content (AvgIpc) is 2.40. The summed E-state index contributed by atoms with van der Waals surface area (Å²) in [5.41, 5.74) is 2.17. The van der Waals surface area contributed by atoms with Crippen molar-refractivity contribution in [2.24, 2.45) is 5.84 Å². The van der Waals surface area contributed by atoms with Gasteiger partial charge in [-0.3, -0.25) is 0 Å². The van der Waals surface area contributed by atoms with E-state index in [0.29, 0.717) is 16.1 Å². The van der Waals surface area contributed by atoms with E-state index in [1.807, 2.05) is 20.8 Å². The Hall–Kier alpha value is -1.73. The Morgan fingerprint density at radius 3 is 2.52 bits per heavy atom. The van der Waals surface area contributed by atoms with Crippen molar-refractivity contribution in [1.29, 1.82) is 0 Å². The molecule has 0 saturated heterocycles. The summed E-state index contributed by atoms with van der Waals surface area (Å²) in [6.07, 6.45) is 0. The fraction of sp³-hybridized carbons (Fsp3) is 0.286. The first-order valence-corrected chi connectivity index (χ1v) is 7.08. The molecule has 1 aromatic carbocycles. The van der Waals surface area contributed by atoms with Crippen LogP contribution in [0.4, 0.5) is 10.2 Å². The van der Waals surface area contributed by atoms with Crippen LogP contribution in [0, 0.1) is 5.82 Å². The Balaban J connectivity index is 2.39. The summed E-state index contributed by atoms with van der Waals surface area (Å²) in [6.45, 7) is 5.89. The highest BCUT2D eigenvalue weighted by atomic mass is 79.9. The molecule has 0 atom stereocenters. The average molecular weight is 355 g/mol. The molecular formula is C14H16BrFN4O. The highest BCUT2D eigenvalue weighted by molar-refractivity contribution is 9.10. The van der Waals surface area contributed by atoms with Crippen molar-refractivity contribution < 1.29 is 9.13 Å². The number of halogens is 2. The van der Waals surface area contributed by atoms with Crippen LogP contribution in [0.2, 0.25) is 0 Å². The fourth-order valence-electron chi connectivity index (χ4n) is 1.56. The van der Waals surface area contributed by atoms with Crippen LogP contribution in [0.15, 0.2) is 28.7 Å². The Labute approximate surface area is 130 Å². The zero-order valence-corrected chi connectivity index (χ0v) is 13.5. The topological polar surface area (TPSA) is 73.1 Å². The molecule has 0 saturated carbocycles. The molecule has 0 aliphatic rings. The number of nitrogens with zero attached hydrogens (tertiary/aromatic N) is 2. The van der Waals surface area contributed by atoms with Crippen molar-refractivity contribution in [3.63, 3.8) is 0 Å². The number of nitrogens with one attached hydrogen (secondary N) is 1. The van der Waals surface area contributed by atoms with Crippen LogP contribution in [0.25, 0.3) is 0 Å². The predicted molar refractivity (Wildman–Crippen MR) is 82.7 cm³/mol. The zero-order chi connectivity index (χ0) is 15.6. The van der Waals surface area contributed by atoms with E-state index in [2.05, 4.69) is 31.3 Å². The molecule has 0 aliphatic heterocycles. The molecule has 5 nitrogen and oxygen atoms in total. The molecule has 3 N–H and O–H groups in total. The summed E-state index contributed by atoms with van der Waals surface area (Å²) in [7, 11) is 0. The Morgan fingerprint density at radius 2 is 1.95 bits per heavy atom. The van der Waals surface area contributed by atoms with Gasteiger partial charge in [-0.2, -0.15) is 4.98 Å². The van der Waals surface area contributed by atoms with Gasteiger partial charge in [-0.05, 0) is 18.2 Å². The Kier molecular flexibility index (Phi) is 4.43. The molecule has 0 unspecified atom stereocenters. The maximum atomic E-state index is 13.8. The number of nitrogens with two attached hydrogens (primary N) is 1. The van der Waals surface area contributed by atoms with Gasteiger partial charge in [0, 0.05) is 16.0 Å². The number of anilines is 1. The van der Waals surface area contributed by atoms with Crippen molar-refractivity contribution in [2.75, 3.05) is 5.43 Å². The van der Waals surface area contributed by atoms with E-state index >= 15 is 0 Å². The van der Waals surface area contributed by atoms with Gasteiger partial charge >= 0.3 is 0 Å². The number of hydrazine groups is 1. The number of hydrogen-bond donors (Lipinski definition) is 2. The maximum absolute atomic E-state index is 13.8. The van der Waals surface area contributed by atoms with Gasteiger partial charge in [-0.15, -0.1) is 0 Å². The second kappa shape index (κ2) is 5.95. The predicted octanol–water partition coefficient (Wildman–Crippen LogP) is 3.75. The van der Waals surface area contributed by atoms with Gasteiger partial charge in [0.05, 0.1) is 0 Å². The Morgan fingerprint density at radius 1 is 1.24 bits per heavy atom. The molecule has 21 heavy (non-hydrogen) atoms. The number of rotatable bonds is 3. The largest absolute Gasteiger partial charge is 0.436 e. The maximum Gasteiger partial charge on any atom is 0.224 e. The summed E-state index contributed by atoms with van der Waals surface area (Å²) >= 11 is 3.19. The third kappa shape index (κ3) is 3.89. The summed E-state index contributed by atoms with van der Waals surface area (Å²) in [4.78, 5) is 8.58. The molecule has 2 aromatic rings. The van der Waals surface area contributed by atoms with Crippen molar-refractivity contribution in [3.05, 3.63) is 40.4 Å². The molecule has 1 aromatic heterocycles. The van der Waals surface area contributed by atoms with Crippen molar-refractivity contribution in [2.45, 2.75) is 26.2 Å². The second-order valence-corrected chi connectivity index (χ2v) is 6.40. The normalized spacial score (nSPS) is 11.3. The van der Waals surface area contributed by atoms with Crippen molar-refractivity contribution in [3.8, 4) is 11.6 Å². The van der Waals surface area contributed by atoms with Crippen LogP contribution in [0.1, 0.15) is 26.6 Å².